The van der Waals surface area contributed by atoms with E-state index in [-0.39, 0.29) is 12.3 Å². The minimum atomic E-state index is -0.0403. The fourth-order valence-electron chi connectivity index (χ4n) is 2.71. The molecule has 2 heterocycles. The Balaban J connectivity index is 1.48. The summed E-state index contributed by atoms with van der Waals surface area (Å²) >= 11 is 1.25. The summed E-state index contributed by atoms with van der Waals surface area (Å²) in [5.74, 6) is -0.0403. The number of benzene rings is 1. The van der Waals surface area contributed by atoms with Crippen LogP contribution in [0.25, 0.3) is 0 Å². The molecule has 0 spiro atoms. The highest BCUT2D eigenvalue weighted by atomic mass is 32.1. The standard InChI is InChI=1S/C15H19N5OS/c16-15-19-18-14(22-15)10-13(21)17-7-9-20-8-3-5-11-4-1-2-6-12(11)20/h1-2,4,6H,3,5,7-10H2,(H2,16,19)(H,17,21). The molecule has 1 aromatic carbocycles. The van der Waals surface area contributed by atoms with E-state index in [4.69, 9.17) is 5.73 Å². The lowest BCUT2D eigenvalue weighted by atomic mass is 10.0. The minimum absolute atomic E-state index is 0.0403. The predicted molar refractivity (Wildman–Crippen MR) is 88.0 cm³/mol. The van der Waals surface area contributed by atoms with Crippen molar-refractivity contribution in [1.82, 2.24) is 15.5 Å². The molecule has 2 aromatic rings. The van der Waals surface area contributed by atoms with E-state index in [1.54, 1.807) is 0 Å². The van der Waals surface area contributed by atoms with Crippen LogP contribution in [0.2, 0.25) is 0 Å². The van der Waals surface area contributed by atoms with Crippen molar-refractivity contribution in [2.75, 3.05) is 30.3 Å². The Hall–Kier alpha value is -2.15. The number of hydrogen-bond donors (Lipinski definition) is 2. The number of carbonyl (C=O) groups is 1. The Morgan fingerprint density at radius 1 is 1.36 bits per heavy atom. The molecule has 3 N–H and O–H groups in total. The number of hydrogen-bond acceptors (Lipinski definition) is 6. The van der Waals surface area contributed by atoms with E-state index in [1.165, 1.54) is 22.6 Å². The lowest BCUT2D eigenvalue weighted by Crippen LogP contribution is -2.38. The SMILES string of the molecule is Nc1nnc(CC(=O)NCCN2CCCc3ccccc32)s1. The lowest BCUT2D eigenvalue weighted by molar-refractivity contribution is -0.120. The number of para-hydroxylation sites is 1. The molecule has 116 valence electrons. The average molecular weight is 317 g/mol. The smallest absolute Gasteiger partial charge is 0.227 e. The first-order valence-electron chi connectivity index (χ1n) is 7.40. The summed E-state index contributed by atoms with van der Waals surface area (Å²) in [6, 6.07) is 8.48. The van der Waals surface area contributed by atoms with Gasteiger partial charge in [0.15, 0.2) is 0 Å². The Morgan fingerprint density at radius 3 is 3.05 bits per heavy atom. The van der Waals surface area contributed by atoms with E-state index >= 15 is 0 Å². The molecule has 0 unspecified atom stereocenters. The number of nitrogens with one attached hydrogen (secondary N) is 1. The van der Waals surface area contributed by atoms with Gasteiger partial charge >= 0.3 is 0 Å². The van der Waals surface area contributed by atoms with Crippen LogP contribution in [-0.2, 0) is 17.6 Å². The van der Waals surface area contributed by atoms with Crippen molar-refractivity contribution < 1.29 is 4.79 Å². The highest BCUT2D eigenvalue weighted by Crippen LogP contribution is 2.25. The second-order valence-corrected chi connectivity index (χ2v) is 6.37. The first-order valence-corrected chi connectivity index (χ1v) is 8.21. The third-order valence-corrected chi connectivity index (χ3v) is 4.46. The van der Waals surface area contributed by atoms with Gasteiger partial charge in [0, 0.05) is 25.3 Å². The van der Waals surface area contributed by atoms with Gasteiger partial charge in [-0.3, -0.25) is 4.79 Å². The van der Waals surface area contributed by atoms with E-state index in [9.17, 15) is 4.79 Å². The summed E-state index contributed by atoms with van der Waals surface area (Å²) in [5, 5.41) is 11.5. The van der Waals surface area contributed by atoms with E-state index in [1.807, 2.05) is 0 Å². The number of anilines is 2. The van der Waals surface area contributed by atoms with Gasteiger partial charge in [-0.15, -0.1) is 10.2 Å². The number of aromatic nitrogens is 2. The maximum atomic E-state index is 11.9. The fourth-order valence-corrected chi connectivity index (χ4v) is 3.32. The van der Waals surface area contributed by atoms with E-state index in [0.29, 0.717) is 16.7 Å². The van der Waals surface area contributed by atoms with Gasteiger partial charge in [-0.2, -0.15) is 0 Å². The topological polar surface area (TPSA) is 84.1 Å². The third kappa shape index (κ3) is 3.54. The summed E-state index contributed by atoms with van der Waals surface area (Å²) in [5.41, 5.74) is 8.19. The molecule has 0 fully saturated rings. The normalized spacial score (nSPS) is 13.7. The van der Waals surface area contributed by atoms with Crippen LogP contribution in [0, 0.1) is 0 Å². The summed E-state index contributed by atoms with van der Waals surface area (Å²) in [6.45, 7) is 2.49. The minimum Gasteiger partial charge on any atom is -0.374 e. The second-order valence-electron chi connectivity index (χ2n) is 5.28. The molecule has 3 rings (SSSR count). The molecule has 0 aliphatic carbocycles. The molecule has 0 bridgehead atoms. The molecule has 7 heteroatoms. The zero-order chi connectivity index (χ0) is 15.4. The van der Waals surface area contributed by atoms with Crippen molar-refractivity contribution in [3.05, 3.63) is 34.8 Å². The van der Waals surface area contributed by atoms with Crippen LogP contribution >= 0.6 is 11.3 Å². The van der Waals surface area contributed by atoms with Crippen LogP contribution in [-0.4, -0.2) is 35.7 Å². The average Bonchev–Trinajstić information content (AvgIpc) is 2.92. The van der Waals surface area contributed by atoms with Crippen molar-refractivity contribution >= 4 is 28.1 Å². The van der Waals surface area contributed by atoms with Crippen molar-refractivity contribution in [2.45, 2.75) is 19.3 Å². The predicted octanol–water partition coefficient (Wildman–Crippen LogP) is 1.23. The quantitative estimate of drug-likeness (QED) is 0.866. The summed E-state index contributed by atoms with van der Waals surface area (Å²) in [4.78, 5) is 14.2. The summed E-state index contributed by atoms with van der Waals surface area (Å²) < 4.78 is 0. The van der Waals surface area contributed by atoms with Crippen LogP contribution in [0.15, 0.2) is 24.3 Å². The van der Waals surface area contributed by atoms with Gasteiger partial charge in [-0.05, 0) is 24.5 Å². The second kappa shape index (κ2) is 6.74. The maximum Gasteiger partial charge on any atom is 0.227 e. The third-order valence-electron chi connectivity index (χ3n) is 3.70. The highest BCUT2D eigenvalue weighted by Gasteiger charge is 2.16. The molecule has 0 atom stereocenters. The summed E-state index contributed by atoms with van der Waals surface area (Å²) in [6.07, 6.45) is 2.54. The van der Waals surface area contributed by atoms with Crippen molar-refractivity contribution in [3.8, 4) is 0 Å². The largest absolute Gasteiger partial charge is 0.374 e. The maximum absolute atomic E-state index is 11.9. The molecule has 1 aromatic heterocycles. The fraction of sp³-hybridized carbons (Fsp3) is 0.400. The first-order chi connectivity index (χ1) is 10.7. The van der Waals surface area contributed by atoms with E-state index in [2.05, 4.69) is 44.7 Å². The number of nitrogen functional groups attached to an aromatic ring is 1. The van der Waals surface area contributed by atoms with E-state index in [0.717, 1.165) is 25.9 Å². The van der Waals surface area contributed by atoms with Gasteiger partial charge in [0.05, 0.1) is 6.42 Å². The van der Waals surface area contributed by atoms with Crippen LogP contribution in [0.3, 0.4) is 0 Å². The monoisotopic (exact) mass is 317 g/mol. The van der Waals surface area contributed by atoms with Crippen LogP contribution in [0.5, 0.6) is 0 Å². The van der Waals surface area contributed by atoms with Crippen molar-refractivity contribution in [1.29, 1.82) is 0 Å². The Bertz CT molecular complexity index is 657. The molecule has 1 amide bonds. The summed E-state index contributed by atoms with van der Waals surface area (Å²) in [7, 11) is 0. The van der Waals surface area contributed by atoms with Crippen LogP contribution in [0.1, 0.15) is 17.0 Å². The lowest BCUT2D eigenvalue weighted by Gasteiger charge is -2.31. The molecular weight excluding hydrogens is 298 g/mol. The molecule has 0 saturated carbocycles. The van der Waals surface area contributed by atoms with Gasteiger partial charge in [0.25, 0.3) is 0 Å². The van der Waals surface area contributed by atoms with Crippen molar-refractivity contribution in [2.24, 2.45) is 0 Å². The Morgan fingerprint density at radius 2 is 2.23 bits per heavy atom. The van der Waals surface area contributed by atoms with Crippen LogP contribution < -0.4 is 16.0 Å². The first kappa shape index (κ1) is 14.8. The van der Waals surface area contributed by atoms with E-state index < -0.39 is 0 Å². The zero-order valence-electron chi connectivity index (χ0n) is 12.3. The van der Waals surface area contributed by atoms with Gasteiger partial charge in [0.1, 0.15) is 5.01 Å². The number of nitrogens with zero attached hydrogens (tertiary/aromatic N) is 3. The van der Waals surface area contributed by atoms with Gasteiger partial charge < -0.3 is 16.0 Å². The molecule has 22 heavy (non-hydrogen) atoms. The molecular formula is C15H19N5OS. The van der Waals surface area contributed by atoms with Gasteiger partial charge in [-0.25, -0.2) is 0 Å². The van der Waals surface area contributed by atoms with Crippen LogP contribution in [0.4, 0.5) is 10.8 Å². The number of fused-ring (bicyclic) bond motifs is 1. The Kier molecular flexibility index (Phi) is 4.53. The number of amides is 1. The number of aryl methyl sites for hydroxylation is 1. The Labute approximate surface area is 133 Å². The van der Waals surface area contributed by atoms with Crippen molar-refractivity contribution in [3.63, 3.8) is 0 Å². The van der Waals surface area contributed by atoms with Gasteiger partial charge in [0.2, 0.25) is 11.0 Å². The number of carbonyl (C=O) groups excluding carboxylic acids is 1. The zero-order valence-corrected chi connectivity index (χ0v) is 13.1. The molecule has 6 nitrogen and oxygen atoms in total. The number of nitrogens with two attached hydrogens (primary N) is 1. The highest BCUT2D eigenvalue weighted by molar-refractivity contribution is 7.15. The van der Waals surface area contributed by atoms with Gasteiger partial charge in [-0.1, -0.05) is 29.5 Å². The molecule has 1 aliphatic rings. The molecule has 0 radical (unpaired) electrons. The molecule has 1 aliphatic heterocycles. The molecule has 0 saturated heterocycles. The number of rotatable bonds is 5.